The van der Waals surface area contributed by atoms with Gasteiger partial charge in [-0.3, -0.25) is 13.9 Å². The van der Waals surface area contributed by atoms with Gasteiger partial charge >= 0.3 is 11.7 Å². The van der Waals surface area contributed by atoms with Crippen molar-refractivity contribution in [2.45, 2.75) is 20.0 Å². The lowest BCUT2D eigenvalue weighted by Gasteiger charge is -2.13. The quantitative estimate of drug-likeness (QED) is 0.787. The molecule has 3 aromatic rings. The van der Waals surface area contributed by atoms with E-state index in [4.69, 9.17) is 5.11 Å². The molecule has 0 aliphatic carbocycles. The standard InChI is InChI=1S/C18H15FN2O4/c1-2-20-15-7-6-12(17(23)24)9-14(15)16(22)21(18(20)25)10-11-4-3-5-13(19)8-11/h3-9H,2,10H2,1H3,(H,23,24). The molecule has 0 unspecified atom stereocenters. The maximum Gasteiger partial charge on any atom is 0.335 e. The van der Waals surface area contributed by atoms with Gasteiger partial charge in [0.15, 0.2) is 0 Å². The average molecular weight is 342 g/mol. The third kappa shape index (κ3) is 2.96. The Morgan fingerprint density at radius 1 is 1.12 bits per heavy atom. The van der Waals surface area contributed by atoms with E-state index in [-0.39, 0.29) is 17.5 Å². The van der Waals surface area contributed by atoms with Crippen molar-refractivity contribution >= 4 is 16.9 Å². The van der Waals surface area contributed by atoms with Gasteiger partial charge in [0.25, 0.3) is 5.56 Å². The number of carboxylic acids is 1. The topological polar surface area (TPSA) is 81.3 Å². The second-order valence-corrected chi connectivity index (χ2v) is 5.59. The molecule has 128 valence electrons. The first-order valence-corrected chi connectivity index (χ1v) is 7.67. The fourth-order valence-corrected chi connectivity index (χ4v) is 2.82. The molecule has 0 atom stereocenters. The summed E-state index contributed by atoms with van der Waals surface area (Å²) in [5.41, 5.74) is -0.318. The first kappa shape index (κ1) is 16.6. The zero-order chi connectivity index (χ0) is 18.1. The lowest BCUT2D eigenvalue weighted by atomic mass is 10.1. The number of hydrogen-bond donors (Lipinski definition) is 1. The van der Waals surface area contributed by atoms with Gasteiger partial charge in [0, 0.05) is 6.54 Å². The van der Waals surface area contributed by atoms with Gasteiger partial charge < -0.3 is 5.11 Å². The van der Waals surface area contributed by atoms with Crippen LogP contribution in [-0.2, 0) is 13.1 Å². The first-order chi connectivity index (χ1) is 11.9. The molecule has 0 amide bonds. The molecule has 0 aliphatic heterocycles. The second kappa shape index (κ2) is 6.35. The number of hydrogen-bond acceptors (Lipinski definition) is 3. The first-order valence-electron chi connectivity index (χ1n) is 7.67. The molecule has 1 N–H and O–H groups in total. The van der Waals surface area contributed by atoms with E-state index in [0.717, 1.165) is 4.57 Å². The molecular weight excluding hydrogens is 327 g/mol. The van der Waals surface area contributed by atoms with Crippen molar-refractivity contribution in [1.82, 2.24) is 9.13 Å². The molecule has 0 saturated carbocycles. The normalized spacial score (nSPS) is 11.0. The maximum absolute atomic E-state index is 13.4. The summed E-state index contributed by atoms with van der Waals surface area (Å²) < 4.78 is 15.8. The molecule has 0 fully saturated rings. The van der Waals surface area contributed by atoms with E-state index in [1.54, 1.807) is 13.0 Å². The summed E-state index contributed by atoms with van der Waals surface area (Å²) >= 11 is 0. The molecule has 0 radical (unpaired) electrons. The van der Waals surface area contributed by atoms with Crippen LogP contribution in [0.2, 0.25) is 0 Å². The number of halogens is 1. The van der Waals surface area contributed by atoms with Crippen LogP contribution in [-0.4, -0.2) is 20.2 Å². The number of aryl methyl sites for hydroxylation is 1. The molecule has 7 heteroatoms. The summed E-state index contributed by atoms with van der Waals surface area (Å²) in [4.78, 5) is 36.6. The van der Waals surface area contributed by atoms with Gasteiger partial charge in [0.2, 0.25) is 0 Å². The predicted octanol–water partition coefficient (Wildman–Crippen LogP) is 2.07. The van der Waals surface area contributed by atoms with Gasteiger partial charge in [-0.1, -0.05) is 12.1 Å². The van der Waals surface area contributed by atoms with Crippen molar-refractivity contribution in [3.8, 4) is 0 Å². The highest BCUT2D eigenvalue weighted by atomic mass is 19.1. The number of carbonyl (C=O) groups is 1. The van der Waals surface area contributed by atoms with E-state index in [1.807, 2.05) is 0 Å². The lowest BCUT2D eigenvalue weighted by Crippen LogP contribution is -2.40. The number of rotatable bonds is 4. The molecule has 0 bridgehead atoms. The predicted molar refractivity (Wildman–Crippen MR) is 90.6 cm³/mol. The van der Waals surface area contributed by atoms with Crippen LogP contribution < -0.4 is 11.2 Å². The highest BCUT2D eigenvalue weighted by molar-refractivity contribution is 5.93. The van der Waals surface area contributed by atoms with Crippen molar-refractivity contribution in [3.63, 3.8) is 0 Å². The Morgan fingerprint density at radius 3 is 2.52 bits per heavy atom. The van der Waals surface area contributed by atoms with E-state index in [0.29, 0.717) is 17.6 Å². The van der Waals surface area contributed by atoms with Crippen LogP contribution in [0.4, 0.5) is 4.39 Å². The summed E-state index contributed by atoms with van der Waals surface area (Å²) in [6.45, 7) is 1.97. The molecule has 25 heavy (non-hydrogen) atoms. The SMILES string of the molecule is CCn1c(=O)n(Cc2cccc(F)c2)c(=O)c2cc(C(=O)O)ccc21. The Kier molecular flexibility index (Phi) is 4.22. The zero-order valence-corrected chi connectivity index (χ0v) is 13.4. The number of aromatic nitrogens is 2. The maximum atomic E-state index is 13.4. The highest BCUT2D eigenvalue weighted by Crippen LogP contribution is 2.12. The summed E-state index contributed by atoms with van der Waals surface area (Å²) in [6, 6.07) is 9.70. The van der Waals surface area contributed by atoms with Crippen LogP contribution in [0.1, 0.15) is 22.8 Å². The van der Waals surface area contributed by atoms with E-state index in [9.17, 15) is 18.8 Å². The molecule has 0 spiro atoms. The summed E-state index contributed by atoms with van der Waals surface area (Å²) in [5.74, 6) is -1.62. The molecule has 1 aromatic heterocycles. The zero-order valence-electron chi connectivity index (χ0n) is 13.4. The smallest absolute Gasteiger partial charge is 0.335 e. The Labute approximate surface area is 141 Å². The monoisotopic (exact) mass is 342 g/mol. The van der Waals surface area contributed by atoms with Gasteiger partial charge in [-0.25, -0.2) is 14.0 Å². The summed E-state index contributed by atoms with van der Waals surface area (Å²) in [6.07, 6.45) is 0. The van der Waals surface area contributed by atoms with Gasteiger partial charge in [-0.15, -0.1) is 0 Å². The third-order valence-corrected chi connectivity index (χ3v) is 4.02. The van der Waals surface area contributed by atoms with Crippen molar-refractivity contribution in [1.29, 1.82) is 0 Å². The highest BCUT2D eigenvalue weighted by Gasteiger charge is 2.15. The molecular formula is C18H15FN2O4. The number of fused-ring (bicyclic) bond motifs is 1. The summed E-state index contributed by atoms with van der Waals surface area (Å²) in [5, 5.41) is 9.27. The lowest BCUT2D eigenvalue weighted by molar-refractivity contribution is 0.0697. The minimum atomic E-state index is -1.16. The fourth-order valence-electron chi connectivity index (χ4n) is 2.82. The minimum absolute atomic E-state index is 0.0387. The van der Waals surface area contributed by atoms with Gasteiger partial charge in [0.05, 0.1) is 23.0 Å². The van der Waals surface area contributed by atoms with Crippen LogP contribution in [0.3, 0.4) is 0 Å². The average Bonchev–Trinajstić information content (AvgIpc) is 2.59. The van der Waals surface area contributed by atoms with Gasteiger partial charge in [-0.05, 0) is 42.8 Å². The number of carboxylic acid groups (broad SMARTS) is 1. The molecule has 2 aromatic carbocycles. The minimum Gasteiger partial charge on any atom is -0.478 e. The van der Waals surface area contributed by atoms with Gasteiger partial charge in [0.1, 0.15) is 5.82 Å². The molecule has 1 heterocycles. The van der Waals surface area contributed by atoms with E-state index in [1.165, 1.54) is 41.0 Å². The number of aromatic carboxylic acids is 1. The van der Waals surface area contributed by atoms with Crippen LogP contribution in [0, 0.1) is 5.82 Å². The van der Waals surface area contributed by atoms with Crippen molar-refractivity contribution in [3.05, 3.63) is 80.2 Å². The molecule has 0 saturated heterocycles. The second-order valence-electron chi connectivity index (χ2n) is 5.59. The number of benzene rings is 2. The molecule has 6 nitrogen and oxygen atoms in total. The van der Waals surface area contributed by atoms with E-state index in [2.05, 4.69) is 0 Å². The Balaban J connectivity index is 2.29. The Bertz CT molecular complexity index is 1100. The number of nitrogens with zero attached hydrogens (tertiary/aromatic N) is 2. The van der Waals surface area contributed by atoms with Crippen LogP contribution in [0.25, 0.3) is 10.9 Å². The van der Waals surface area contributed by atoms with Crippen LogP contribution >= 0.6 is 0 Å². The van der Waals surface area contributed by atoms with Crippen LogP contribution in [0.5, 0.6) is 0 Å². The van der Waals surface area contributed by atoms with E-state index < -0.39 is 23.0 Å². The molecule has 0 aliphatic rings. The Morgan fingerprint density at radius 2 is 1.88 bits per heavy atom. The largest absolute Gasteiger partial charge is 0.478 e. The summed E-state index contributed by atoms with van der Waals surface area (Å²) in [7, 11) is 0. The van der Waals surface area contributed by atoms with Crippen molar-refractivity contribution < 1.29 is 14.3 Å². The van der Waals surface area contributed by atoms with Crippen molar-refractivity contribution in [2.24, 2.45) is 0 Å². The van der Waals surface area contributed by atoms with E-state index >= 15 is 0 Å². The molecule has 3 rings (SSSR count). The van der Waals surface area contributed by atoms with Crippen LogP contribution in [0.15, 0.2) is 52.1 Å². The van der Waals surface area contributed by atoms with Gasteiger partial charge in [-0.2, -0.15) is 0 Å². The van der Waals surface area contributed by atoms with Crippen molar-refractivity contribution in [2.75, 3.05) is 0 Å². The fraction of sp³-hybridized carbons (Fsp3) is 0.167. The Hall–Kier alpha value is -3.22. The third-order valence-electron chi connectivity index (χ3n) is 4.02.